The maximum absolute atomic E-state index is 12.4. The lowest BCUT2D eigenvalue weighted by atomic mass is 9.91. The fourth-order valence-electron chi connectivity index (χ4n) is 2.65. The second kappa shape index (κ2) is 6.05. The number of nitrogens with zero attached hydrogens (tertiary/aromatic N) is 1. The van der Waals surface area contributed by atoms with E-state index < -0.39 is 5.91 Å². The predicted octanol–water partition coefficient (Wildman–Crippen LogP) is 1.06. The van der Waals surface area contributed by atoms with Crippen LogP contribution >= 0.6 is 0 Å². The van der Waals surface area contributed by atoms with Gasteiger partial charge in [0.05, 0.1) is 12.5 Å². The predicted molar refractivity (Wildman–Crippen MR) is 75.5 cm³/mol. The minimum Gasteiger partial charge on any atom is -0.383 e. The molecule has 1 aromatic rings. The summed E-state index contributed by atoms with van der Waals surface area (Å²) in [6.45, 7) is 3.74. The van der Waals surface area contributed by atoms with Crippen LogP contribution in [0.15, 0.2) is 18.2 Å². The molecule has 0 aromatic heterocycles. The number of carbonyl (C=O) groups excluding carboxylic acids is 2. The third-order valence-electron chi connectivity index (χ3n) is 3.71. The van der Waals surface area contributed by atoms with Crippen molar-refractivity contribution in [3.8, 4) is 0 Å². The van der Waals surface area contributed by atoms with E-state index in [9.17, 15) is 9.59 Å². The van der Waals surface area contributed by atoms with Crippen molar-refractivity contribution in [2.75, 3.05) is 26.8 Å². The summed E-state index contributed by atoms with van der Waals surface area (Å²) in [6, 6.07) is 5.44. The normalized spacial score (nSPS) is 18.6. The van der Waals surface area contributed by atoms with Gasteiger partial charge in [0.1, 0.15) is 0 Å². The van der Waals surface area contributed by atoms with E-state index in [0.717, 1.165) is 11.1 Å². The molecule has 0 spiro atoms. The van der Waals surface area contributed by atoms with Crippen LogP contribution in [0.1, 0.15) is 33.8 Å². The van der Waals surface area contributed by atoms with Crippen molar-refractivity contribution in [2.45, 2.75) is 19.3 Å². The average Bonchev–Trinajstić information content (AvgIpc) is 2.77. The van der Waals surface area contributed by atoms with Gasteiger partial charge in [0.15, 0.2) is 0 Å². The molecular weight excluding hydrogens is 256 g/mol. The summed E-state index contributed by atoms with van der Waals surface area (Å²) in [5, 5.41) is 0. The summed E-state index contributed by atoms with van der Waals surface area (Å²) >= 11 is 0. The first kappa shape index (κ1) is 14.5. The Kier molecular flexibility index (Phi) is 4.39. The Balaban J connectivity index is 2.26. The minimum atomic E-state index is -0.483. The van der Waals surface area contributed by atoms with Crippen molar-refractivity contribution in [3.05, 3.63) is 34.9 Å². The molecule has 5 heteroatoms. The second-order valence-corrected chi connectivity index (χ2v) is 5.11. The topological polar surface area (TPSA) is 72.6 Å². The second-order valence-electron chi connectivity index (χ2n) is 5.11. The Morgan fingerprint density at radius 1 is 1.50 bits per heavy atom. The van der Waals surface area contributed by atoms with Crippen LogP contribution in [0.5, 0.6) is 0 Å². The molecule has 0 radical (unpaired) electrons. The number of ether oxygens (including phenoxy) is 1. The standard InChI is InChI=1S/C15H20N2O3/c1-10-3-4-11(14(16)18)13(9-10)12-5-6-17(15(12)19)7-8-20-2/h3-4,9,12H,5-8H2,1-2H3,(H2,16,18)/t12-/m0/s1. The van der Waals surface area contributed by atoms with E-state index in [-0.39, 0.29) is 11.8 Å². The zero-order valence-electron chi connectivity index (χ0n) is 11.9. The number of primary amides is 1. The van der Waals surface area contributed by atoms with Crippen molar-refractivity contribution >= 4 is 11.8 Å². The molecule has 2 rings (SSSR count). The van der Waals surface area contributed by atoms with Crippen molar-refractivity contribution in [1.82, 2.24) is 4.90 Å². The van der Waals surface area contributed by atoms with E-state index in [1.54, 1.807) is 18.1 Å². The maximum atomic E-state index is 12.4. The Labute approximate surface area is 118 Å². The highest BCUT2D eigenvalue weighted by Gasteiger charge is 2.34. The van der Waals surface area contributed by atoms with Gasteiger partial charge >= 0.3 is 0 Å². The van der Waals surface area contributed by atoms with E-state index in [1.807, 2.05) is 19.1 Å². The molecule has 1 saturated heterocycles. The Morgan fingerprint density at radius 2 is 2.25 bits per heavy atom. The van der Waals surface area contributed by atoms with E-state index in [2.05, 4.69) is 0 Å². The van der Waals surface area contributed by atoms with Gasteiger partial charge in [-0.25, -0.2) is 0 Å². The van der Waals surface area contributed by atoms with Gasteiger partial charge in [0, 0.05) is 25.8 Å². The van der Waals surface area contributed by atoms with Crippen LogP contribution in [0.2, 0.25) is 0 Å². The molecular formula is C15H20N2O3. The van der Waals surface area contributed by atoms with Crippen molar-refractivity contribution in [3.63, 3.8) is 0 Å². The SMILES string of the molecule is COCCN1CC[C@@H](c2cc(C)ccc2C(N)=O)C1=O. The Hall–Kier alpha value is -1.88. The Morgan fingerprint density at radius 3 is 2.90 bits per heavy atom. The smallest absolute Gasteiger partial charge is 0.249 e. The minimum absolute atomic E-state index is 0.0511. The van der Waals surface area contributed by atoms with Crippen LogP contribution in [0.4, 0.5) is 0 Å². The summed E-state index contributed by atoms with van der Waals surface area (Å²) in [4.78, 5) is 25.7. The first-order valence-electron chi connectivity index (χ1n) is 6.72. The lowest BCUT2D eigenvalue weighted by Crippen LogP contribution is -2.30. The number of likely N-dealkylation sites (tertiary alicyclic amines) is 1. The van der Waals surface area contributed by atoms with Gasteiger partial charge in [-0.3, -0.25) is 9.59 Å². The van der Waals surface area contributed by atoms with Gasteiger partial charge < -0.3 is 15.4 Å². The molecule has 2 N–H and O–H groups in total. The number of rotatable bonds is 5. The third kappa shape index (κ3) is 2.82. The summed E-state index contributed by atoms with van der Waals surface area (Å²) < 4.78 is 5.01. The van der Waals surface area contributed by atoms with Crippen molar-refractivity contribution in [1.29, 1.82) is 0 Å². The monoisotopic (exact) mass is 276 g/mol. The molecule has 0 aliphatic carbocycles. The van der Waals surface area contributed by atoms with Gasteiger partial charge in [-0.05, 0) is 25.0 Å². The van der Waals surface area contributed by atoms with Crippen LogP contribution in [0.25, 0.3) is 0 Å². The van der Waals surface area contributed by atoms with Gasteiger partial charge in [-0.2, -0.15) is 0 Å². The Bertz CT molecular complexity index is 528. The molecule has 20 heavy (non-hydrogen) atoms. The fraction of sp³-hybridized carbons (Fsp3) is 0.467. The number of hydrogen-bond acceptors (Lipinski definition) is 3. The number of benzene rings is 1. The molecule has 1 atom stereocenters. The highest BCUT2D eigenvalue weighted by atomic mass is 16.5. The zero-order valence-corrected chi connectivity index (χ0v) is 11.9. The number of hydrogen-bond donors (Lipinski definition) is 1. The zero-order chi connectivity index (χ0) is 14.7. The molecule has 108 valence electrons. The van der Waals surface area contributed by atoms with Crippen molar-refractivity contribution in [2.24, 2.45) is 5.73 Å². The molecule has 1 aliphatic heterocycles. The van der Waals surface area contributed by atoms with Crippen LogP contribution < -0.4 is 5.73 Å². The molecule has 1 aromatic carbocycles. The summed E-state index contributed by atoms with van der Waals surface area (Å²) in [6.07, 6.45) is 0.715. The van der Waals surface area contributed by atoms with E-state index in [1.165, 1.54) is 0 Å². The fourth-order valence-corrected chi connectivity index (χ4v) is 2.65. The average molecular weight is 276 g/mol. The quantitative estimate of drug-likeness (QED) is 0.874. The first-order valence-corrected chi connectivity index (χ1v) is 6.72. The lowest BCUT2D eigenvalue weighted by molar-refractivity contribution is -0.129. The highest BCUT2D eigenvalue weighted by molar-refractivity contribution is 5.97. The van der Waals surface area contributed by atoms with Gasteiger partial charge in [-0.15, -0.1) is 0 Å². The van der Waals surface area contributed by atoms with Crippen molar-refractivity contribution < 1.29 is 14.3 Å². The molecule has 5 nitrogen and oxygen atoms in total. The van der Waals surface area contributed by atoms with Crippen LogP contribution in [-0.2, 0) is 9.53 Å². The molecule has 0 unspecified atom stereocenters. The van der Waals surface area contributed by atoms with E-state index in [0.29, 0.717) is 31.7 Å². The third-order valence-corrected chi connectivity index (χ3v) is 3.71. The summed E-state index contributed by atoms with van der Waals surface area (Å²) in [7, 11) is 1.61. The van der Waals surface area contributed by atoms with E-state index in [4.69, 9.17) is 10.5 Å². The molecule has 1 heterocycles. The van der Waals surface area contributed by atoms with Crippen LogP contribution in [0, 0.1) is 6.92 Å². The number of aryl methyl sites for hydroxylation is 1. The number of amides is 2. The maximum Gasteiger partial charge on any atom is 0.249 e. The number of carbonyl (C=O) groups is 2. The molecule has 2 amide bonds. The molecule has 0 saturated carbocycles. The van der Waals surface area contributed by atoms with Gasteiger partial charge in [0.2, 0.25) is 11.8 Å². The number of nitrogens with two attached hydrogens (primary N) is 1. The van der Waals surface area contributed by atoms with Gasteiger partial charge in [-0.1, -0.05) is 17.7 Å². The molecule has 0 bridgehead atoms. The van der Waals surface area contributed by atoms with E-state index >= 15 is 0 Å². The molecule has 1 aliphatic rings. The summed E-state index contributed by atoms with van der Waals surface area (Å²) in [5.41, 5.74) is 7.63. The van der Waals surface area contributed by atoms with Gasteiger partial charge in [0.25, 0.3) is 0 Å². The summed E-state index contributed by atoms with van der Waals surface area (Å²) in [5.74, 6) is -0.701. The largest absolute Gasteiger partial charge is 0.383 e. The lowest BCUT2D eigenvalue weighted by Gasteiger charge is -2.17. The molecule has 1 fully saturated rings. The highest BCUT2D eigenvalue weighted by Crippen LogP contribution is 2.31. The first-order chi connectivity index (χ1) is 9.54. The van der Waals surface area contributed by atoms with Crippen LogP contribution in [0.3, 0.4) is 0 Å². The van der Waals surface area contributed by atoms with Crippen LogP contribution in [-0.4, -0.2) is 43.5 Å². The number of methoxy groups -OCH3 is 1.